The minimum atomic E-state index is -4.76. The topological polar surface area (TPSA) is 119 Å². The van der Waals surface area contributed by atoms with E-state index >= 15 is 0 Å². The van der Waals surface area contributed by atoms with Gasteiger partial charge in [-0.1, -0.05) is 159 Å². The Kier molecular flexibility index (Phi) is 35.8. The number of unbranched alkanes of at least 4 members (excludes halogenated alkanes) is 21. The van der Waals surface area contributed by atoms with Crippen LogP contribution in [-0.4, -0.2) is 41.0 Å². The van der Waals surface area contributed by atoms with Gasteiger partial charge in [0.25, 0.3) is 0 Å². The van der Waals surface area contributed by atoms with Crippen molar-refractivity contribution in [3.8, 4) is 0 Å². The average Bonchev–Trinajstić information content (AvgIpc) is 3.08. The molecule has 0 aromatic carbocycles. The maximum Gasteiger partial charge on any atom is 0.469 e. The highest BCUT2D eigenvalue weighted by Gasteiger charge is 2.22. The maximum absolute atomic E-state index is 12.4. The van der Waals surface area contributed by atoms with E-state index in [1.807, 2.05) is 6.08 Å². The lowest BCUT2D eigenvalue weighted by atomic mass is 10.1. The number of carbonyl (C=O) groups is 2. The fourth-order valence-electron chi connectivity index (χ4n) is 5.57. The average molecular weight is 727 g/mol. The maximum atomic E-state index is 12.4. The Hall–Kier alpha value is -1.73. The van der Waals surface area contributed by atoms with Crippen LogP contribution in [0.15, 0.2) is 36.5 Å². The van der Waals surface area contributed by atoms with Crippen molar-refractivity contribution in [2.75, 3.05) is 13.2 Å². The molecule has 0 heterocycles. The minimum absolute atomic E-state index is 0.148. The molecule has 0 fully saturated rings. The summed E-state index contributed by atoms with van der Waals surface area (Å²) in [4.78, 5) is 42.7. The molecule has 8 nitrogen and oxygen atoms in total. The molecule has 0 spiro atoms. The van der Waals surface area contributed by atoms with Crippen molar-refractivity contribution >= 4 is 19.8 Å². The molecule has 0 aromatic heterocycles. The zero-order valence-electron chi connectivity index (χ0n) is 32.0. The molecule has 1 atom stereocenters. The van der Waals surface area contributed by atoms with Crippen LogP contribution in [-0.2, 0) is 28.2 Å². The Labute approximate surface area is 306 Å². The normalized spacial score (nSPS) is 12.8. The smallest absolute Gasteiger partial charge is 0.462 e. The molecule has 0 rings (SSSR count). The largest absolute Gasteiger partial charge is 0.469 e. The first kappa shape index (κ1) is 48.3. The number of hydrogen-bond donors (Lipinski definition) is 2. The van der Waals surface area contributed by atoms with E-state index in [4.69, 9.17) is 19.3 Å². The Morgan fingerprint density at radius 3 is 1.46 bits per heavy atom. The molecule has 0 bridgehead atoms. The molecule has 0 radical (unpaired) electrons. The second kappa shape index (κ2) is 37.0. The van der Waals surface area contributed by atoms with Crippen molar-refractivity contribution in [1.29, 1.82) is 0 Å². The zero-order valence-corrected chi connectivity index (χ0v) is 32.9. The van der Waals surface area contributed by atoms with Gasteiger partial charge in [0.05, 0.1) is 6.61 Å². The van der Waals surface area contributed by atoms with E-state index in [-0.39, 0.29) is 19.4 Å². The van der Waals surface area contributed by atoms with Crippen molar-refractivity contribution in [2.45, 2.75) is 200 Å². The third kappa shape index (κ3) is 39.1. The summed E-state index contributed by atoms with van der Waals surface area (Å²) < 4.78 is 26.3. The van der Waals surface area contributed by atoms with Crippen LogP contribution in [0, 0.1) is 0 Å². The molecule has 0 saturated heterocycles. The van der Waals surface area contributed by atoms with Crippen LogP contribution in [0.4, 0.5) is 0 Å². The van der Waals surface area contributed by atoms with Gasteiger partial charge in [0.2, 0.25) is 0 Å². The number of allylic oxidation sites excluding steroid dienone is 6. The van der Waals surface area contributed by atoms with Gasteiger partial charge in [-0.25, -0.2) is 4.57 Å². The minimum Gasteiger partial charge on any atom is -0.462 e. The highest BCUT2D eigenvalue weighted by atomic mass is 31.2. The van der Waals surface area contributed by atoms with Gasteiger partial charge in [0.15, 0.2) is 6.10 Å². The fourth-order valence-corrected chi connectivity index (χ4v) is 5.93. The van der Waals surface area contributed by atoms with Crippen molar-refractivity contribution in [1.82, 2.24) is 0 Å². The first-order valence-corrected chi connectivity index (χ1v) is 21.8. The summed E-state index contributed by atoms with van der Waals surface area (Å²) in [5, 5.41) is 0. The molecule has 292 valence electrons. The third-order valence-corrected chi connectivity index (χ3v) is 9.12. The van der Waals surface area contributed by atoms with Gasteiger partial charge in [-0.3, -0.25) is 14.1 Å². The molecular weight excluding hydrogens is 651 g/mol. The Bertz CT molecular complexity index is 910. The highest BCUT2D eigenvalue weighted by molar-refractivity contribution is 7.46. The molecule has 50 heavy (non-hydrogen) atoms. The van der Waals surface area contributed by atoms with Crippen LogP contribution in [0.2, 0.25) is 0 Å². The summed E-state index contributed by atoms with van der Waals surface area (Å²) in [7, 11) is -4.76. The summed E-state index contributed by atoms with van der Waals surface area (Å²) in [5.41, 5.74) is 0. The molecule has 0 amide bonds. The van der Waals surface area contributed by atoms with Crippen molar-refractivity contribution < 1.29 is 37.9 Å². The Morgan fingerprint density at radius 2 is 0.940 bits per heavy atom. The van der Waals surface area contributed by atoms with Crippen LogP contribution in [0.1, 0.15) is 194 Å². The van der Waals surface area contributed by atoms with E-state index in [9.17, 15) is 14.2 Å². The first-order valence-electron chi connectivity index (χ1n) is 20.3. The predicted molar refractivity (Wildman–Crippen MR) is 207 cm³/mol. The molecule has 0 unspecified atom stereocenters. The van der Waals surface area contributed by atoms with E-state index in [1.54, 1.807) is 0 Å². The summed E-state index contributed by atoms with van der Waals surface area (Å²) in [6.45, 7) is 3.62. The number of phosphoric ester groups is 1. The number of carbonyl (C=O) groups excluding carboxylic acids is 2. The number of phosphoric acid groups is 1. The highest BCUT2D eigenvalue weighted by Crippen LogP contribution is 2.36. The van der Waals surface area contributed by atoms with Gasteiger partial charge in [-0.05, 0) is 57.8 Å². The van der Waals surface area contributed by atoms with Crippen LogP contribution >= 0.6 is 7.82 Å². The lowest BCUT2D eigenvalue weighted by molar-refractivity contribution is -0.161. The van der Waals surface area contributed by atoms with Gasteiger partial charge in [-0.2, -0.15) is 0 Å². The van der Waals surface area contributed by atoms with Gasteiger partial charge in [0, 0.05) is 12.8 Å². The van der Waals surface area contributed by atoms with Crippen molar-refractivity contribution in [3.63, 3.8) is 0 Å². The predicted octanol–water partition coefficient (Wildman–Crippen LogP) is 12.2. The molecule has 0 aromatic rings. The molecule has 0 saturated carbocycles. The number of ether oxygens (including phenoxy) is 2. The second-order valence-corrected chi connectivity index (χ2v) is 14.8. The molecule has 9 heteroatoms. The summed E-state index contributed by atoms with van der Waals surface area (Å²) in [6, 6.07) is 0. The van der Waals surface area contributed by atoms with Gasteiger partial charge in [0.1, 0.15) is 6.61 Å². The summed E-state index contributed by atoms with van der Waals surface area (Å²) in [5.74, 6) is -0.938. The fraction of sp³-hybridized carbons (Fsp3) is 0.805. The monoisotopic (exact) mass is 727 g/mol. The van der Waals surface area contributed by atoms with Crippen LogP contribution in [0.25, 0.3) is 0 Å². The summed E-state index contributed by atoms with van der Waals surface area (Å²) in [6.07, 6.45) is 43.0. The molecule has 2 N–H and O–H groups in total. The van der Waals surface area contributed by atoms with Gasteiger partial charge >= 0.3 is 19.8 Å². The van der Waals surface area contributed by atoms with E-state index in [1.165, 1.54) is 116 Å². The van der Waals surface area contributed by atoms with Gasteiger partial charge < -0.3 is 19.3 Å². The van der Waals surface area contributed by atoms with Crippen LogP contribution < -0.4 is 0 Å². The standard InChI is InChI=1S/C41H75O8P/c1-3-5-7-9-11-13-15-17-19-20-22-24-26-28-30-32-34-36-41(43)49-39(38-48-50(44,45)46)37-47-40(42)35-33-31-29-27-25-23-21-18-16-14-12-10-8-6-4-2/h10,12,22,24,28,30,39H,3-9,11,13-21,23,25-27,29,31-38H2,1-2H3,(H2,44,45,46)/b12-10+,24-22+,30-28+/t39-/m1/s1. The molecule has 0 aliphatic rings. The Morgan fingerprint density at radius 1 is 0.520 bits per heavy atom. The number of esters is 2. The molecule has 0 aliphatic carbocycles. The Balaban J connectivity index is 3.99. The van der Waals surface area contributed by atoms with Crippen LogP contribution in [0.3, 0.4) is 0 Å². The summed E-state index contributed by atoms with van der Waals surface area (Å²) >= 11 is 0. The number of hydrogen-bond acceptors (Lipinski definition) is 6. The third-order valence-electron chi connectivity index (χ3n) is 8.63. The van der Waals surface area contributed by atoms with Crippen molar-refractivity contribution in [3.05, 3.63) is 36.5 Å². The van der Waals surface area contributed by atoms with E-state index in [0.717, 1.165) is 44.9 Å². The van der Waals surface area contributed by atoms with E-state index in [0.29, 0.717) is 6.42 Å². The first-order chi connectivity index (χ1) is 24.3. The van der Waals surface area contributed by atoms with E-state index < -0.39 is 32.5 Å². The molecule has 0 aliphatic heterocycles. The van der Waals surface area contributed by atoms with Gasteiger partial charge in [-0.15, -0.1) is 0 Å². The van der Waals surface area contributed by atoms with Crippen molar-refractivity contribution in [2.24, 2.45) is 0 Å². The lowest BCUT2D eigenvalue weighted by Crippen LogP contribution is -2.29. The number of rotatable bonds is 37. The quantitative estimate of drug-likeness (QED) is 0.0281. The van der Waals surface area contributed by atoms with Crippen LogP contribution in [0.5, 0.6) is 0 Å². The van der Waals surface area contributed by atoms with E-state index in [2.05, 4.69) is 48.8 Å². The zero-order chi connectivity index (χ0) is 36.8. The SMILES string of the molecule is CCCC/C=C/CCCCCCCCCCCC(=O)OC[C@H](COP(=O)(O)O)OC(=O)CCC/C=C/C/C=C/CCCCCCCCCCC. The molecular formula is C41H75O8P. The second-order valence-electron chi connectivity index (χ2n) is 13.6. The lowest BCUT2D eigenvalue weighted by Gasteiger charge is -2.18.